The molecular weight excluding hydrogens is 949 g/mol. The number of rotatable bonds is 57. The molecular formula is C63H126O12. The van der Waals surface area contributed by atoms with E-state index in [0.29, 0.717) is 19.3 Å². The van der Waals surface area contributed by atoms with Gasteiger partial charge in [0.2, 0.25) is 0 Å². The zero-order valence-corrected chi connectivity index (χ0v) is 49.5. The molecule has 0 aromatic carbocycles. The summed E-state index contributed by atoms with van der Waals surface area (Å²) in [7, 11) is 0. The fourth-order valence-electron chi connectivity index (χ4n) is 8.86. The predicted octanol–water partition coefficient (Wildman–Crippen LogP) is 15.4. The molecule has 0 aliphatic carbocycles. The molecule has 0 aromatic heterocycles. The summed E-state index contributed by atoms with van der Waals surface area (Å²) < 4.78 is 14.6. The van der Waals surface area contributed by atoms with Crippen molar-refractivity contribution in [3.05, 3.63) is 0 Å². The molecule has 3 atom stereocenters. The van der Waals surface area contributed by atoms with Gasteiger partial charge in [0.05, 0.1) is 19.8 Å². The summed E-state index contributed by atoms with van der Waals surface area (Å²) in [5, 5.41) is 53.1. The SMILES string of the molecule is CCCCCCCCCCCCCCCCCC(=O)OCC(O)CO.CCCCCCCCCCCCCCCCCC(=O)OCC(O)CO.CCCCCCCCCCCCCCCCCC(=O)OCC(O)CO. The lowest BCUT2D eigenvalue weighted by atomic mass is 10.0. The molecule has 450 valence electrons. The van der Waals surface area contributed by atoms with Gasteiger partial charge < -0.3 is 44.8 Å². The summed E-state index contributed by atoms with van der Waals surface area (Å²) in [5.41, 5.74) is 0. The maximum atomic E-state index is 11.4. The van der Waals surface area contributed by atoms with Gasteiger partial charge in [0.25, 0.3) is 0 Å². The molecule has 0 saturated heterocycles. The maximum Gasteiger partial charge on any atom is 0.305 e. The quantitative estimate of drug-likeness (QED) is 0.0192. The lowest BCUT2D eigenvalue weighted by molar-refractivity contribution is -0.148. The van der Waals surface area contributed by atoms with Crippen LogP contribution < -0.4 is 0 Å². The van der Waals surface area contributed by atoms with Crippen LogP contribution in [-0.4, -0.2) is 107 Å². The molecule has 0 heterocycles. The highest BCUT2D eigenvalue weighted by molar-refractivity contribution is 5.69. The molecule has 0 radical (unpaired) electrons. The van der Waals surface area contributed by atoms with Gasteiger partial charge in [-0.25, -0.2) is 0 Å². The molecule has 0 aromatic rings. The van der Waals surface area contributed by atoms with Crippen molar-refractivity contribution in [1.82, 2.24) is 0 Å². The minimum absolute atomic E-state index is 0.103. The second-order valence-electron chi connectivity index (χ2n) is 21.7. The molecule has 12 heteroatoms. The van der Waals surface area contributed by atoms with Crippen LogP contribution in [0.15, 0.2) is 0 Å². The van der Waals surface area contributed by atoms with Gasteiger partial charge in [0.1, 0.15) is 38.1 Å². The van der Waals surface area contributed by atoms with Crippen LogP contribution in [0.25, 0.3) is 0 Å². The Bertz CT molecular complexity index is 976. The van der Waals surface area contributed by atoms with Crippen molar-refractivity contribution >= 4 is 17.9 Å². The van der Waals surface area contributed by atoms with Crippen molar-refractivity contribution in [2.75, 3.05) is 39.6 Å². The first kappa shape index (κ1) is 77.4. The summed E-state index contributed by atoms with van der Waals surface area (Å²) in [4.78, 5) is 34.1. The predicted molar refractivity (Wildman–Crippen MR) is 311 cm³/mol. The number of carbonyl (C=O) groups excluding carboxylic acids is 3. The first-order chi connectivity index (χ1) is 36.6. The third-order valence-corrected chi connectivity index (χ3v) is 13.9. The maximum absolute atomic E-state index is 11.4. The Kier molecular flexibility index (Phi) is 70.5. The van der Waals surface area contributed by atoms with E-state index in [9.17, 15) is 14.4 Å². The molecule has 6 N–H and O–H groups in total. The second-order valence-corrected chi connectivity index (χ2v) is 21.7. The van der Waals surface area contributed by atoms with Crippen LogP contribution in [0.5, 0.6) is 0 Å². The number of esters is 3. The van der Waals surface area contributed by atoms with Gasteiger partial charge in [-0.05, 0) is 19.3 Å². The molecule has 0 aliphatic rings. The van der Waals surface area contributed by atoms with Crippen molar-refractivity contribution < 1.29 is 59.2 Å². The number of carbonyl (C=O) groups is 3. The van der Waals surface area contributed by atoms with Crippen molar-refractivity contribution in [1.29, 1.82) is 0 Å². The summed E-state index contributed by atoms with van der Waals surface area (Å²) in [6, 6.07) is 0. The molecule has 0 fully saturated rings. The van der Waals surface area contributed by atoms with E-state index in [-0.39, 0.29) is 57.5 Å². The lowest BCUT2D eigenvalue weighted by Crippen LogP contribution is -2.21. The van der Waals surface area contributed by atoms with E-state index in [2.05, 4.69) is 20.8 Å². The van der Waals surface area contributed by atoms with Gasteiger partial charge in [0, 0.05) is 19.3 Å². The fraction of sp³-hybridized carbons (Fsp3) is 0.952. The van der Waals surface area contributed by atoms with Crippen LogP contribution in [0.3, 0.4) is 0 Å². The molecule has 0 spiro atoms. The Balaban J connectivity index is -0.00000104. The van der Waals surface area contributed by atoms with E-state index >= 15 is 0 Å². The third-order valence-electron chi connectivity index (χ3n) is 13.9. The van der Waals surface area contributed by atoms with Crippen molar-refractivity contribution in [2.24, 2.45) is 0 Å². The zero-order valence-electron chi connectivity index (χ0n) is 49.5. The zero-order chi connectivity index (χ0) is 55.8. The summed E-state index contributed by atoms with van der Waals surface area (Å²) in [6.45, 7) is 5.38. The first-order valence-corrected chi connectivity index (χ1v) is 31.9. The van der Waals surface area contributed by atoms with Gasteiger partial charge in [-0.3, -0.25) is 14.4 Å². The molecule has 0 rings (SSSR count). The standard InChI is InChI=1S/3C21H42O4/c3*1-2-3-4-5-6-7-8-9-10-11-12-13-14-15-16-17-21(24)25-19-20(23)18-22/h3*20,22-23H,2-19H2,1H3. The highest BCUT2D eigenvalue weighted by Crippen LogP contribution is 2.17. The van der Waals surface area contributed by atoms with E-state index in [1.54, 1.807) is 0 Å². The van der Waals surface area contributed by atoms with E-state index in [4.69, 9.17) is 44.8 Å². The fourth-order valence-corrected chi connectivity index (χ4v) is 8.86. The Hall–Kier alpha value is -1.83. The van der Waals surface area contributed by atoms with Gasteiger partial charge in [-0.1, -0.05) is 290 Å². The van der Waals surface area contributed by atoms with Crippen LogP contribution >= 0.6 is 0 Å². The Labute approximate surface area is 462 Å². The van der Waals surface area contributed by atoms with E-state index in [1.165, 1.54) is 250 Å². The number of unbranched alkanes of at least 4 members (excludes halogenated alkanes) is 42. The van der Waals surface area contributed by atoms with E-state index in [1.807, 2.05) is 0 Å². The second kappa shape index (κ2) is 68.3. The molecule has 12 nitrogen and oxygen atoms in total. The van der Waals surface area contributed by atoms with Gasteiger partial charge in [0.15, 0.2) is 0 Å². The van der Waals surface area contributed by atoms with Crippen LogP contribution in [0.4, 0.5) is 0 Å². The number of aliphatic hydroxyl groups excluding tert-OH is 6. The van der Waals surface area contributed by atoms with Gasteiger partial charge in [-0.2, -0.15) is 0 Å². The highest BCUT2D eigenvalue weighted by Gasteiger charge is 2.10. The number of ether oxygens (including phenoxy) is 3. The monoisotopic (exact) mass is 1070 g/mol. The molecule has 0 bridgehead atoms. The van der Waals surface area contributed by atoms with Gasteiger partial charge >= 0.3 is 17.9 Å². The summed E-state index contributed by atoms with van der Waals surface area (Å²) in [6.07, 6.45) is 57.1. The number of hydrogen-bond acceptors (Lipinski definition) is 12. The summed E-state index contributed by atoms with van der Waals surface area (Å²) in [5.74, 6) is -0.827. The first-order valence-electron chi connectivity index (χ1n) is 31.9. The van der Waals surface area contributed by atoms with Crippen molar-refractivity contribution in [3.8, 4) is 0 Å². The third kappa shape index (κ3) is 72.2. The van der Waals surface area contributed by atoms with E-state index in [0.717, 1.165) is 38.5 Å². The Morgan fingerprint density at radius 1 is 0.253 bits per heavy atom. The largest absolute Gasteiger partial charge is 0.463 e. The average molecular weight is 1080 g/mol. The highest BCUT2D eigenvalue weighted by atomic mass is 16.6. The summed E-state index contributed by atoms with van der Waals surface area (Å²) >= 11 is 0. The Morgan fingerprint density at radius 3 is 0.520 bits per heavy atom. The molecule has 0 amide bonds. The van der Waals surface area contributed by atoms with E-state index < -0.39 is 18.3 Å². The Morgan fingerprint density at radius 2 is 0.387 bits per heavy atom. The van der Waals surface area contributed by atoms with Crippen molar-refractivity contribution in [3.63, 3.8) is 0 Å². The topological polar surface area (TPSA) is 200 Å². The van der Waals surface area contributed by atoms with Gasteiger partial charge in [-0.15, -0.1) is 0 Å². The molecule has 75 heavy (non-hydrogen) atoms. The van der Waals surface area contributed by atoms with Crippen LogP contribution in [0.1, 0.15) is 329 Å². The number of hydrogen-bond donors (Lipinski definition) is 6. The molecule has 0 aliphatic heterocycles. The lowest BCUT2D eigenvalue weighted by Gasteiger charge is -2.08. The number of aliphatic hydroxyl groups is 6. The average Bonchev–Trinajstić information content (AvgIpc) is 3.42. The minimum atomic E-state index is -0.954. The molecule has 3 unspecified atom stereocenters. The smallest absolute Gasteiger partial charge is 0.305 e. The molecule has 0 saturated carbocycles. The van der Waals surface area contributed by atoms with Crippen LogP contribution in [-0.2, 0) is 28.6 Å². The van der Waals surface area contributed by atoms with Crippen molar-refractivity contribution in [2.45, 2.75) is 347 Å². The normalized spacial score (nSPS) is 12.3. The van der Waals surface area contributed by atoms with Crippen LogP contribution in [0.2, 0.25) is 0 Å². The van der Waals surface area contributed by atoms with Crippen LogP contribution in [0, 0.1) is 0 Å². The minimum Gasteiger partial charge on any atom is -0.463 e.